The van der Waals surface area contributed by atoms with E-state index in [-0.39, 0.29) is 11.5 Å². The molecule has 4 aromatic rings. The quantitative estimate of drug-likeness (QED) is 0.302. The lowest BCUT2D eigenvalue weighted by molar-refractivity contribution is -0.113. The van der Waals surface area contributed by atoms with Gasteiger partial charge in [0.15, 0.2) is 4.80 Å². The summed E-state index contributed by atoms with van der Waals surface area (Å²) in [6.07, 6.45) is 3.49. The summed E-state index contributed by atoms with van der Waals surface area (Å²) in [6.45, 7) is 5.85. The van der Waals surface area contributed by atoms with Gasteiger partial charge in [-0.05, 0) is 55.0 Å². The summed E-state index contributed by atoms with van der Waals surface area (Å²) < 4.78 is 18.7. The average Bonchev–Trinajstić information content (AvgIpc) is 3.29. The van der Waals surface area contributed by atoms with Crippen molar-refractivity contribution in [2.24, 2.45) is 4.99 Å². The third-order valence-electron chi connectivity index (χ3n) is 6.58. The van der Waals surface area contributed by atoms with E-state index in [1.54, 1.807) is 56.1 Å². The van der Waals surface area contributed by atoms with Crippen LogP contribution in [0.2, 0.25) is 0 Å². The number of fused-ring (bicyclic) bond motifs is 1. The Bertz CT molecular complexity index is 1800. The number of amides is 1. The van der Waals surface area contributed by atoms with Crippen LogP contribution in [0.4, 0.5) is 5.69 Å². The minimum absolute atomic E-state index is 0.263. The van der Waals surface area contributed by atoms with E-state index < -0.39 is 6.04 Å². The van der Waals surface area contributed by atoms with E-state index >= 15 is 0 Å². The van der Waals surface area contributed by atoms with Crippen LogP contribution in [0.25, 0.3) is 6.08 Å². The van der Waals surface area contributed by atoms with Crippen LogP contribution in [0, 0.1) is 0 Å². The Labute approximate surface area is 241 Å². The second-order valence-corrected chi connectivity index (χ2v) is 10.2. The number of nitrogens with zero attached hydrogens (tertiary/aromatic N) is 2. The van der Waals surface area contributed by atoms with Crippen molar-refractivity contribution in [2.45, 2.75) is 13.0 Å². The molecule has 0 saturated carbocycles. The fourth-order valence-corrected chi connectivity index (χ4v) is 5.68. The fraction of sp³-hybridized carbons (Fsp3) is 0.156. The van der Waals surface area contributed by atoms with E-state index in [0.717, 1.165) is 5.56 Å². The van der Waals surface area contributed by atoms with Crippen LogP contribution in [-0.2, 0) is 4.79 Å². The Morgan fingerprint density at radius 3 is 2.46 bits per heavy atom. The van der Waals surface area contributed by atoms with Gasteiger partial charge in [-0.15, -0.1) is 0 Å². The molecule has 8 nitrogen and oxygen atoms in total. The summed E-state index contributed by atoms with van der Waals surface area (Å²) in [5.74, 6) is 1.43. The number of carbonyl (C=O) groups is 1. The molecule has 1 aromatic heterocycles. The van der Waals surface area contributed by atoms with Gasteiger partial charge in [-0.1, -0.05) is 54.3 Å². The number of hydrogen-bond acceptors (Lipinski definition) is 7. The zero-order valence-corrected chi connectivity index (χ0v) is 23.7. The first-order chi connectivity index (χ1) is 19.9. The number of thiazole rings is 1. The maximum Gasteiger partial charge on any atom is 0.271 e. The lowest BCUT2D eigenvalue weighted by Crippen LogP contribution is -2.40. The highest BCUT2D eigenvalue weighted by Crippen LogP contribution is 2.37. The minimum Gasteiger partial charge on any atom is -0.497 e. The van der Waals surface area contributed by atoms with Gasteiger partial charge in [-0.3, -0.25) is 14.2 Å². The molecular weight excluding hydrogens is 538 g/mol. The first-order valence-electron chi connectivity index (χ1n) is 12.9. The van der Waals surface area contributed by atoms with Gasteiger partial charge in [0.1, 0.15) is 29.9 Å². The predicted octanol–water partition coefficient (Wildman–Crippen LogP) is 4.46. The Morgan fingerprint density at radius 1 is 1.05 bits per heavy atom. The average molecular weight is 568 g/mol. The summed E-state index contributed by atoms with van der Waals surface area (Å²) >= 11 is 1.27. The second-order valence-electron chi connectivity index (χ2n) is 9.18. The van der Waals surface area contributed by atoms with E-state index in [9.17, 15) is 9.59 Å². The molecule has 9 heteroatoms. The Balaban J connectivity index is 1.65. The monoisotopic (exact) mass is 567 g/mol. The molecule has 0 unspecified atom stereocenters. The molecule has 2 heterocycles. The number of anilines is 1. The Hall–Kier alpha value is -4.89. The van der Waals surface area contributed by atoms with Crippen LogP contribution >= 0.6 is 11.3 Å². The fourth-order valence-electron chi connectivity index (χ4n) is 4.64. The van der Waals surface area contributed by atoms with E-state index in [4.69, 9.17) is 19.2 Å². The molecule has 1 N–H and O–H groups in total. The van der Waals surface area contributed by atoms with Gasteiger partial charge in [0, 0.05) is 17.3 Å². The van der Waals surface area contributed by atoms with Gasteiger partial charge in [-0.2, -0.15) is 0 Å². The summed E-state index contributed by atoms with van der Waals surface area (Å²) in [5.41, 5.74) is 2.70. The van der Waals surface area contributed by atoms with Crippen molar-refractivity contribution in [2.75, 3.05) is 26.1 Å². The zero-order valence-electron chi connectivity index (χ0n) is 22.9. The lowest BCUT2D eigenvalue weighted by atomic mass is 9.94. The van der Waals surface area contributed by atoms with Crippen molar-refractivity contribution >= 4 is 29.0 Å². The molecule has 1 amide bonds. The maximum absolute atomic E-state index is 14.0. The molecule has 208 valence electrons. The number of aromatic nitrogens is 1. The van der Waals surface area contributed by atoms with Crippen molar-refractivity contribution < 1.29 is 19.0 Å². The number of nitrogens with one attached hydrogen (secondary N) is 1. The highest BCUT2D eigenvalue weighted by molar-refractivity contribution is 7.07. The smallest absolute Gasteiger partial charge is 0.271 e. The van der Waals surface area contributed by atoms with Crippen molar-refractivity contribution in [3.8, 4) is 17.2 Å². The molecule has 0 spiro atoms. The largest absolute Gasteiger partial charge is 0.497 e. The number of allylic oxidation sites excluding steroid dienone is 1. The normalized spacial score (nSPS) is 14.6. The molecule has 0 radical (unpaired) electrons. The first kappa shape index (κ1) is 27.7. The molecule has 1 aliphatic heterocycles. The number of benzene rings is 3. The van der Waals surface area contributed by atoms with Gasteiger partial charge in [0.2, 0.25) is 0 Å². The lowest BCUT2D eigenvalue weighted by Gasteiger charge is -2.26. The van der Waals surface area contributed by atoms with Crippen molar-refractivity contribution in [1.82, 2.24) is 4.57 Å². The summed E-state index contributed by atoms with van der Waals surface area (Å²) in [4.78, 5) is 33.0. The highest BCUT2D eigenvalue weighted by atomic mass is 32.1. The zero-order chi connectivity index (χ0) is 28.9. The minimum atomic E-state index is -0.785. The predicted molar refractivity (Wildman–Crippen MR) is 161 cm³/mol. The molecular formula is C32H29N3O5S. The number of carbonyl (C=O) groups excluding carboxylic acids is 1. The summed E-state index contributed by atoms with van der Waals surface area (Å²) in [5, 5.41) is 2.96. The Kier molecular flexibility index (Phi) is 8.16. The van der Waals surface area contributed by atoms with Crippen molar-refractivity contribution in [3.05, 3.63) is 128 Å². The van der Waals surface area contributed by atoms with Crippen molar-refractivity contribution in [1.29, 1.82) is 0 Å². The van der Waals surface area contributed by atoms with E-state index in [2.05, 4.69) is 11.9 Å². The van der Waals surface area contributed by atoms with Gasteiger partial charge >= 0.3 is 0 Å². The molecule has 3 aromatic carbocycles. The topological polar surface area (TPSA) is 91.1 Å². The van der Waals surface area contributed by atoms with E-state index in [1.807, 2.05) is 54.6 Å². The van der Waals surface area contributed by atoms with E-state index in [1.165, 1.54) is 11.3 Å². The van der Waals surface area contributed by atoms with Crippen LogP contribution in [0.1, 0.15) is 24.1 Å². The van der Waals surface area contributed by atoms with Gasteiger partial charge in [-0.25, -0.2) is 4.99 Å². The third kappa shape index (κ3) is 5.71. The third-order valence-corrected chi connectivity index (χ3v) is 7.56. The Morgan fingerprint density at radius 2 is 1.78 bits per heavy atom. The summed E-state index contributed by atoms with van der Waals surface area (Å²) in [6, 6.07) is 21.2. The second kappa shape index (κ2) is 12.1. The van der Waals surface area contributed by atoms with Crippen LogP contribution in [0.5, 0.6) is 17.2 Å². The molecule has 0 saturated heterocycles. The number of hydrogen-bond donors (Lipinski definition) is 1. The van der Waals surface area contributed by atoms with Gasteiger partial charge in [0.05, 0.1) is 30.0 Å². The van der Waals surface area contributed by atoms with E-state index in [0.29, 0.717) is 55.7 Å². The van der Waals surface area contributed by atoms with Crippen LogP contribution < -0.4 is 34.4 Å². The highest BCUT2D eigenvalue weighted by Gasteiger charge is 2.34. The molecule has 41 heavy (non-hydrogen) atoms. The van der Waals surface area contributed by atoms with Crippen LogP contribution in [-0.4, -0.2) is 31.3 Å². The summed E-state index contributed by atoms with van der Waals surface area (Å²) in [7, 11) is 3.11. The van der Waals surface area contributed by atoms with Gasteiger partial charge in [0.25, 0.3) is 11.5 Å². The number of rotatable bonds is 9. The molecule has 0 bridgehead atoms. The number of ether oxygens (including phenoxy) is 3. The van der Waals surface area contributed by atoms with Crippen molar-refractivity contribution in [3.63, 3.8) is 0 Å². The number of para-hydroxylation sites is 1. The number of methoxy groups -OCH3 is 2. The SMILES string of the molecule is C=CCOc1ccc(/C=c2\sc3n(c2=O)[C@@H](c2ccc(OC)cc2OC)C(C(=O)Nc2ccccc2)=C(C)N=3)cc1. The van der Waals surface area contributed by atoms with Crippen LogP contribution in [0.15, 0.2) is 107 Å². The molecule has 1 atom stereocenters. The first-order valence-corrected chi connectivity index (χ1v) is 13.7. The van der Waals surface area contributed by atoms with Gasteiger partial charge < -0.3 is 19.5 Å². The standard InChI is InChI=1S/C32H29N3O5S/c1-5-17-40-23-13-11-21(12-14-23)18-27-31(37)35-29(25-16-15-24(38-3)19-26(25)39-4)28(20(2)33-32(35)41-27)30(36)34-22-9-7-6-8-10-22/h5-16,18-19,29H,1,17H2,2-4H3,(H,34,36)/b27-18-/t29-/m0/s1. The maximum atomic E-state index is 14.0. The molecule has 0 fully saturated rings. The molecule has 1 aliphatic rings. The molecule has 0 aliphatic carbocycles. The van der Waals surface area contributed by atoms with Crippen LogP contribution in [0.3, 0.4) is 0 Å². The molecule has 5 rings (SSSR count).